The van der Waals surface area contributed by atoms with Gasteiger partial charge in [-0.2, -0.15) is 4.68 Å². The van der Waals surface area contributed by atoms with Gasteiger partial charge in [0, 0.05) is 6.04 Å². The van der Waals surface area contributed by atoms with Gasteiger partial charge in [-0.3, -0.25) is 9.59 Å². The number of ether oxygens (including phenoxy) is 2. The standard InChI is InChI=1S/C19H25N5O4S/c1-2-27-16-11-7-6-10-15(16)24-19(21-22-23-24)29-13-18(26)28-12-17(25)20-14-8-4-3-5-9-14/h6-7,10-11,14H,2-5,8-9,12-13H2,1H3,(H,20,25). The monoisotopic (exact) mass is 419 g/mol. The van der Waals surface area contributed by atoms with E-state index in [1.54, 1.807) is 0 Å². The minimum absolute atomic E-state index is 0.00607. The Morgan fingerprint density at radius 2 is 2.03 bits per heavy atom. The summed E-state index contributed by atoms with van der Waals surface area (Å²) in [7, 11) is 0. The SMILES string of the molecule is CCOc1ccccc1-n1nnnc1SCC(=O)OCC(=O)NC1CCCCC1. The third-order valence-corrected chi connectivity index (χ3v) is 5.38. The minimum atomic E-state index is -0.499. The van der Waals surface area contributed by atoms with Crippen molar-refractivity contribution in [2.75, 3.05) is 19.0 Å². The van der Waals surface area contributed by atoms with Gasteiger partial charge in [-0.1, -0.05) is 43.2 Å². The predicted octanol–water partition coefficient (Wildman–Crippen LogP) is 2.15. The van der Waals surface area contributed by atoms with Gasteiger partial charge < -0.3 is 14.8 Å². The maximum atomic E-state index is 12.0. The Morgan fingerprint density at radius 3 is 2.83 bits per heavy atom. The summed E-state index contributed by atoms with van der Waals surface area (Å²) in [6.07, 6.45) is 5.45. The Bertz CT molecular complexity index is 822. The van der Waals surface area contributed by atoms with Crippen LogP contribution in [-0.2, 0) is 14.3 Å². The molecule has 1 heterocycles. The molecule has 0 radical (unpaired) electrons. The number of nitrogens with zero attached hydrogens (tertiary/aromatic N) is 4. The van der Waals surface area contributed by atoms with E-state index in [9.17, 15) is 9.59 Å². The normalized spacial score (nSPS) is 14.4. The smallest absolute Gasteiger partial charge is 0.316 e. The molecule has 1 fully saturated rings. The largest absolute Gasteiger partial charge is 0.492 e. The van der Waals surface area contributed by atoms with Gasteiger partial charge in [0.15, 0.2) is 6.61 Å². The average Bonchev–Trinajstić information content (AvgIpc) is 3.20. The van der Waals surface area contributed by atoms with Crippen LogP contribution in [0, 0.1) is 0 Å². The Labute approximate surface area is 173 Å². The molecule has 0 saturated heterocycles. The quantitative estimate of drug-likeness (QED) is 0.486. The van der Waals surface area contributed by atoms with Gasteiger partial charge >= 0.3 is 5.97 Å². The molecule has 1 N–H and O–H groups in total. The predicted molar refractivity (Wildman–Crippen MR) is 107 cm³/mol. The Kier molecular flexibility index (Phi) is 7.85. The van der Waals surface area contributed by atoms with E-state index in [-0.39, 0.29) is 24.3 Å². The highest BCUT2D eigenvalue weighted by atomic mass is 32.2. The molecule has 156 valence electrons. The number of rotatable bonds is 9. The van der Waals surface area contributed by atoms with Crippen LogP contribution in [0.2, 0.25) is 0 Å². The van der Waals surface area contributed by atoms with Gasteiger partial charge in [-0.05, 0) is 42.3 Å². The molecule has 3 rings (SSSR count). The zero-order chi connectivity index (χ0) is 20.5. The lowest BCUT2D eigenvalue weighted by molar-refractivity contribution is -0.146. The van der Waals surface area contributed by atoms with E-state index in [1.807, 2.05) is 31.2 Å². The van der Waals surface area contributed by atoms with Crippen LogP contribution in [0.1, 0.15) is 39.0 Å². The van der Waals surface area contributed by atoms with Crippen LogP contribution >= 0.6 is 11.8 Å². The lowest BCUT2D eigenvalue weighted by Crippen LogP contribution is -2.38. The highest BCUT2D eigenvalue weighted by Crippen LogP contribution is 2.26. The molecule has 1 aliphatic carbocycles. The minimum Gasteiger partial charge on any atom is -0.492 e. The van der Waals surface area contributed by atoms with Crippen molar-refractivity contribution in [1.29, 1.82) is 0 Å². The molecule has 1 amide bonds. The molecule has 1 aromatic carbocycles. The fraction of sp³-hybridized carbons (Fsp3) is 0.526. The average molecular weight is 420 g/mol. The Morgan fingerprint density at radius 1 is 1.24 bits per heavy atom. The highest BCUT2D eigenvalue weighted by Gasteiger charge is 2.18. The maximum Gasteiger partial charge on any atom is 0.316 e. The summed E-state index contributed by atoms with van der Waals surface area (Å²) in [6, 6.07) is 7.57. The number of carbonyl (C=O) groups is 2. The van der Waals surface area contributed by atoms with Crippen LogP contribution in [0.25, 0.3) is 5.69 Å². The van der Waals surface area contributed by atoms with E-state index >= 15 is 0 Å². The highest BCUT2D eigenvalue weighted by molar-refractivity contribution is 7.99. The Hall–Kier alpha value is -2.62. The summed E-state index contributed by atoms with van der Waals surface area (Å²) in [5, 5.41) is 15.0. The van der Waals surface area contributed by atoms with E-state index in [1.165, 1.54) is 11.1 Å². The van der Waals surface area contributed by atoms with Crippen molar-refractivity contribution < 1.29 is 19.1 Å². The second-order valence-electron chi connectivity index (χ2n) is 6.63. The first-order valence-corrected chi connectivity index (χ1v) is 10.7. The zero-order valence-corrected chi connectivity index (χ0v) is 17.2. The molecule has 1 aliphatic rings. The molecule has 10 heteroatoms. The maximum absolute atomic E-state index is 12.0. The number of benzene rings is 1. The number of amides is 1. The number of aromatic nitrogens is 4. The molecule has 0 aliphatic heterocycles. The third kappa shape index (κ3) is 6.18. The number of esters is 1. The fourth-order valence-corrected chi connectivity index (χ4v) is 3.84. The van der Waals surface area contributed by atoms with Crippen molar-refractivity contribution in [1.82, 2.24) is 25.5 Å². The van der Waals surface area contributed by atoms with Crippen molar-refractivity contribution >= 4 is 23.6 Å². The topological polar surface area (TPSA) is 108 Å². The van der Waals surface area contributed by atoms with Gasteiger partial charge in [0.2, 0.25) is 5.16 Å². The van der Waals surface area contributed by atoms with Crippen LogP contribution in [-0.4, -0.2) is 57.1 Å². The molecule has 0 unspecified atom stereocenters. The van der Waals surface area contributed by atoms with Crippen molar-refractivity contribution in [2.45, 2.75) is 50.2 Å². The third-order valence-electron chi connectivity index (χ3n) is 4.49. The molecule has 0 atom stereocenters. The molecule has 1 aromatic heterocycles. The molecule has 0 spiro atoms. The first-order chi connectivity index (χ1) is 14.2. The van der Waals surface area contributed by atoms with Gasteiger partial charge in [0.25, 0.3) is 5.91 Å². The summed E-state index contributed by atoms with van der Waals surface area (Å²) < 4.78 is 12.2. The van der Waals surface area contributed by atoms with Crippen LogP contribution in [0.15, 0.2) is 29.4 Å². The van der Waals surface area contributed by atoms with Crippen molar-refractivity contribution in [3.8, 4) is 11.4 Å². The lowest BCUT2D eigenvalue weighted by atomic mass is 9.95. The van der Waals surface area contributed by atoms with Crippen LogP contribution in [0.3, 0.4) is 0 Å². The van der Waals surface area contributed by atoms with E-state index in [0.29, 0.717) is 23.2 Å². The van der Waals surface area contributed by atoms with Crippen molar-refractivity contribution in [3.63, 3.8) is 0 Å². The van der Waals surface area contributed by atoms with Gasteiger partial charge in [-0.15, -0.1) is 5.10 Å². The van der Waals surface area contributed by atoms with Crippen LogP contribution in [0.4, 0.5) is 0 Å². The summed E-state index contributed by atoms with van der Waals surface area (Å²) in [6.45, 7) is 2.14. The van der Waals surface area contributed by atoms with E-state index < -0.39 is 5.97 Å². The summed E-state index contributed by atoms with van der Waals surface area (Å²) >= 11 is 1.14. The lowest BCUT2D eigenvalue weighted by Gasteiger charge is -2.22. The number of hydrogen-bond acceptors (Lipinski definition) is 8. The number of tetrazole rings is 1. The Balaban J connectivity index is 1.49. The molecule has 0 bridgehead atoms. The van der Waals surface area contributed by atoms with E-state index in [4.69, 9.17) is 9.47 Å². The van der Waals surface area contributed by atoms with Gasteiger partial charge in [-0.25, -0.2) is 0 Å². The van der Waals surface area contributed by atoms with Crippen molar-refractivity contribution in [3.05, 3.63) is 24.3 Å². The number of hydrogen-bond donors (Lipinski definition) is 1. The fourth-order valence-electron chi connectivity index (χ4n) is 3.16. The number of para-hydroxylation sites is 2. The van der Waals surface area contributed by atoms with E-state index in [2.05, 4.69) is 20.8 Å². The van der Waals surface area contributed by atoms with Crippen LogP contribution in [0.5, 0.6) is 5.75 Å². The number of thioether (sulfide) groups is 1. The second kappa shape index (κ2) is 10.8. The van der Waals surface area contributed by atoms with Crippen molar-refractivity contribution in [2.24, 2.45) is 0 Å². The molecule has 1 saturated carbocycles. The molecule has 2 aromatic rings. The summed E-state index contributed by atoms with van der Waals surface area (Å²) in [4.78, 5) is 24.0. The van der Waals surface area contributed by atoms with Crippen LogP contribution < -0.4 is 10.1 Å². The first kappa shape index (κ1) is 21.1. The molecular formula is C19H25N5O4S. The first-order valence-electron chi connectivity index (χ1n) is 9.75. The van der Waals surface area contributed by atoms with Gasteiger partial charge in [0.05, 0.1) is 12.4 Å². The summed E-state index contributed by atoms with van der Waals surface area (Å²) in [5.41, 5.74) is 0.682. The number of carbonyl (C=O) groups excluding carboxylic acids is 2. The zero-order valence-electron chi connectivity index (χ0n) is 16.4. The summed E-state index contributed by atoms with van der Waals surface area (Å²) in [5.74, 6) is -0.119. The van der Waals surface area contributed by atoms with E-state index in [0.717, 1.165) is 37.4 Å². The molecule has 9 nitrogen and oxygen atoms in total. The molecular weight excluding hydrogens is 394 g/mol. The molecule has 29 heavy (non-hydrogen) atoms. The number of nitrogens with one attached hydrogen (secondary N) is 1. The second-order valence-corrected chi connectivity index (χ2v) is 7.57. The van der Waals surface area contributed by atoms with Gasteiger partial charge in [0.1, 0.15) is 11.4 Å².